The SMILES string of the molecule is N#Cc1ccc(-c2cccnc2-c2ccccc2)s1. The highest BCUT2D eigenvalue weighted by Gasteiger charge is 2.10. The largest absolute Gasteiger partial charge is 0.256 e. The molecule has 0 radical (unpaired) electrons. The molecule has 2 heterocycles. The first-order chi connectivity index (χ1) is 9.38. The Bertz CT molecular complexity index is 739. The van der Waals surface area contributed by atoms with E-state index >= 15 is 0 Å². The fourth-order valence-electron chi connectivity index (χ4n) is 1.97. The summed E-state index contributed by atoms with van der Waals surface area (Å²) in [5, 5.41) is 8.93. The highest BCUT2D eigenvalue weighted by Crippen LogP contribution is 2.34. The van der Waals surface area contributed by atoms with Gasteiger partial charge in [-0.3, -0.25) is 4.98 Å². The van der Waals surface area contributed by atoms with Gasteiger partial charge in [0, 0.05) is 22.2 Å². The molecule has 3 heteroatoms. The highest BCUT2D eigenvalue weighted by molar-refractivity contribution is 7.16. The number of hydrogen-bond acceptors (Lipinski definition) is 3. The molecule has 90 valence electrons. The van der Waals surface area contributed by atoms with Crippen molar-refractivity contribution in [2.45, 2.75) is 0 Å². The van der Waals surface area contributed by atoms with Gasteiger partial charge in [-0.2, -0.15) is 5.26 Å². The smallest absolute Gasteiger partial charge is 0.110 e. The summed E-state index contributed by atoms with van der Waals surface area (Å²) in [4.78, 5) is 6.28. The molecule has 2 aromatic heterocycles. The van der Waals surface area contributed by atoms with Crippen molar-refractivity contribution in [3.05, 3.63) is 65.7 Å². The molecule has 0 atom stereocenters. The van der Waals surface area contributed by atoms with Crippen LogP contribution < -0.4 is 0 Å². The third kappa shape index (κ3) is 2.26. The first-order valence-electron chi connectivity index (χ1n) is 5.89. The van der Waals surface area contributed by atoms with Crippen LogP contribution in [0.1, 0.15) is 4.88 Å². The van der Waals surface area contributed by atoms with Crippen LogP contribution in [0.3, 0.4) is 0 Å². The lowest BCUT2D eigenvalue weighted by Crippen LogP contribution is -1.86. The molecule has 0 fully saturated rings. The predicted octanol–water partition coefficient (Wildman–Crippen LogP) is 4.35. The first kappa shape index (κ1) is 11.6. The van der Waals surface area contributed by atoms with E-state index in [1.165, 1.54) is 11.3 Å². The van der Waals surface area contributed by atoms with Crippen LogP contribution in [0.25, 0.3) is 21.7 Å². The number of nitriles is 1. The zero-order valence-corrected chi connectivity index (χ0v) is 10.9. The lowest BCUT2D eigenvalue weighted by Gasteiger charge is -2.06. The molecule has 3 rings (SSSR count). The van der Waals surface area contributed by atoms with Gasteiger partial charge in [-0.05, 0) is 24.3 Å². The monoisotopic (exact) mass is 262 g/mol. The van der Waals surface area contributed by atoms with Crippen LogP contribution in [-0.2, 0) is 0 Å². The van der Waals surface area contributed by atoms with Crippen LogP contribution in [-0.4, -0.2) is 4.98 Å². The quantitative estimate of drug-likeness (QED) is 0.688. The summed E-state index contributed by atoms with van der Waals surface area (Å²) in [5.74, 6) is 0. The predicted molar refractivity (Wildman–Crippen MR) is 77.7 cm³/mol. The molecule has 0 saturated carbocycles. The van der Waals surface area contributed by atoms with Gasteiger partial charge in [0.15, 0.2) is 0 Å². The zero-order valence-electron chi connectivity index (χ0n) is 10.1. The van der Waals surface area contributed by atoms with Gasteiger partial charge in [0.1, 0.15) is 10.9 Å². The number of thiophene rings is 1. The Morgan fingerprint density at radius 3 is 2.53 bits per heavy atom. The van der Waals surface area contributed by atoms with Crippen LogP contribution in [0.15, 0.2) is 60.8 Å². The summed E-state index contributed by atoms with van der Waals surface area (Å²) in [6.45, 7) is 0. The molecule has 0 amide bonds. The molecule has 0 aliphatic carbocycles. The summed E-state index contributed by atoms with van der Waals surface area (Å²) in [5.41, 5.74) is 3.11. The van der Waals surface area contributed by atoms with E-state index in [-0.39, 0.29) is 0 Å². The van der Waals surface area contributed by atoms with E-state index < -0.39 is 0 Å². The highest BCUT2D eigenvalue weighted by atomic mass is 32.1. The van der Waals surface area contributed by atoms with Crippen LogP contribution in [0.2, 0.25) is 0 Å². The minimum absolute atomic E-state index is 0.720. The standard InChI is InChI=1S/C16H10N2S/c17-11-13-8-9-15(19-13)14-7-4-10-18-16(14)12-5-2-1-3-6-12/h1-10H. The van der Waals surface area contributed by atoms with Crippen LogP contribution >= 0.6 is 11.3 Å². The molecule has 0 N–H and O–H groups in total. The number of hydrogen-bond donors (Lipinski definition) is 0. The molecule has 0 spiro atoms. The van der Waals surface area contributed by atoms with E-state index in [4.69, 9.17) is 5.26 Å². The van der Waals surface area contributed by atoms with E-state index in [2.05, 4.69) is 11.1 Å². The van der Waals surface area contributed by atoms with Crippen molar-refractivity contribution in [2.24, 2.45) is 0 Å². The zero-order chi connectivity index (χ0) is 13.1. The minimum Gasteiger partial charge on any atom is -0.256 e. The average Bonchev–Trinajstić information content (AvgIpc) is 2.97. The molecular weight excluding hydrogens is 252 g/mol. The Kier molecular flexibility index (Phi) is 3.09. The summed E-state index contributed by atoms with van der Waals surface area (Å²) in [6.07, 6.45) is 1.80. The molecule has 1 aromatic carbocycles. The Labute approximate surface area is 115 Å². The second-order valence-electron chi connectivity index (χ2n) is 4.04. The summed E-state index contributed by atoms with van der Waals surface area (Å²) in [7, 11) is 0. The van der Waals surface area contributed by atoms with Gasteiger partial charge < -0.3 is 0 Å². The number of pyridine rings is 1. The summed E-state index contributed by atoms with van der Waals surface area (Å²) >= 11 is 1.49. The Morgan fingerprint density at radius 1 is 0.947 bits per heavy atom. The Morgan fingerprint density at radius 2 is 1.79 bits per heavy atom. The van der Waals surface area contributed by atoms with E-state index in [1.54, 1.807) is 6.20 Å². The number of aromatic nitrogens is 1. The summed E-state index contributed by atoms with van der Waals surface area (Å²) in [6, 6.07) is 20.1. The topological polar surface area (TPSA) is 36.7 Å². The van der Waals surface area contributed by atoms with E-state index in [9.17, 15) is 0 Å². The van der Waals surface area contributed by atoms with E-state index in [0.29, 0.717) is 0 Å². The maximum atomic E-state index is 8.93. The van der Waals surface area contributed by atoms with Crippen molar-refractivity contribution in [1.82, 2.24) is 4.98 Å². The number of benzene rings is 1. The van der Waals surface area contributed by atoms with Gasteiger partial charge in [-0.15, -0.1) is 11.3 Å². The third-order valence-electron chi connectivity index (χ3n) is 2.84. The van der Waals surface area contributed by atoms with Crippen molar-refractivity contribution in [3.8, 4) is 27.8 Å². The average molecular weight is 262 g/mol. The van der Waals surface area contributed by atoms with Crippen molar-refractivity contribution in [3.63, 3.8) is 0 Å². The van der Waals surface area contributed by atoms with Crippen LogP contribution in [0.4, 0.5) is 0 Å². The number of rotatable bonds is 2. The molecule has 0 unspecified atom stereocenters. The fourth-order valence-corrected chi connectivity index (χ4v) is 2.80. The lowest BCUT2D eigenvalue weighted by molar-refractivity contribution is 1.33. The second kappa shape index (κ2) is 5.05. The third-order valence-corrected chi connectivity index (χ3v) is 3.86. The van der Waals surface area contributed by atoms with Gasteiger partial charge in [-0.25, -0.2) is 0 Å². The maximum Gasteiger partial charge on any atom is 0.110 e. The van der Waals surface area contributed by atoms with Crippen LogP contribution in [0, 0.1) is 11.3 Å². The molecule has 0 aliphatic rings. The second-order valence-corrected chi connectivity index (χ2v) is 5.13. The first-order valence-corrected chi connectivity index (χ1v) is 6.71. The molecule has 19 heavy (non-hydrogen) atoms. The van der Waals surface area contributed by atoms with Gasteiger partial charge in [-0.1, -0.05) is 30.3 Å². The Balaban J connectivity index is 2.15. The molecule has 3 aromatic rings. The molecule has 2 nitrogen and oxygen atoms in total. The molecule has 0 saturated heterocycles. The van der Waals surface area contributed by atoms with Gasteiger partial charge >= 0.3 is 0 Å². The minimum atomic E-state index is 0.720. The van der Waals surface area contributed by atoms with Crippen LogP contribution in [0.5, 0.6) is 0 Å². The molecule has 0 bridgehead atoms. The van der Waals surface area contributed by atoms with Gasteiger partial charge in [0.2, 0.25) is 0 Å². The normalized spacial score (nSPS) is 10.1. The summed E-state index contributed by atoms with van der Waals surface area (Å²) < 4.78 is 0. The van der Waals surface area contributed by atoms with E-state index in [0.717, 1.165) is 26.6 Å². The molecule has 0 aliphatic heterocycles. The van der Waals surface area contributed by atoms with Crippen molar-refractivity contribution in [1.29, 1.82) is 5.26 Å². The van der Waals surface area contributed by atoms with Gasteiger partial charge in [0.25, 0.3) is 0 Å². The Hall–Kier alpha value is -2.44. The fraction of sp³-hybridized carbons (Fsp3) is 0. The van der Waals surface area contributed by atoms with Gasteiger partial charge in [0.05, 0.1) is 5.69 Å². The lowest BCUT2D eigenvalue weighted by atomic mass is 10.0. The van der Waals surface area contributed by atoms with E-state index in [1.807, 2.05) is 54.6 Å². The number of nitrogens with zero attached hydrogens (tertiary/aromatic N) is 2. The van der Waals surface area contributed by atoms with Crippen molar-refractivity contribution in [2.75, 3.05) is 0 Å². The maximum absolute atomic E-state index is 8.93. The molecular formula is C16H10N2S. The van der Waals surface area contributed by atoms with Crippen molar-refractivity contribution < 1.29 is 0 Å². The van der Waals surface area contributed by atoms with Crippen molar-refractivity contribution >= 4 is 11.3 Å².